The number of aromatic nitrogens is 2. The average molecular weight is 371 g/mol. The molecule has 0 fully saturated rings. The van der Waals surface area contributed by atoms with Gasteiger partial charge in [0.1, 0.15) is 11.6 Å². The van der Waals surface area contributed by atoms with Gasteiger partial charge in [0.25, 0.3) is 0 Å². The Balaban J connectivity index is 1.44. The van der Waals surface area contributed by atoms with E-state index in [0.29, 0.717) is 18.0 Å². The quantitative estimate of drug-likeness (QED) is 0.489. The van der Waals surface area contributed by atoms with Crippen molar-refractivity contribution in [3.05, 3.63) is 101 Å². The van der Waals surface area contributed by atoms with Crippen LogP contribution in [0.3, 0.4) is 0 Å². The van der Waals surface area contributed by atoms with Crippen LogP contribution in [0.2, 0.25) is 0 Å². The van der Waals surface area contributed by atoms with Crippen LogP contribution >= 0.6 is 0 Å². The predicted octanol–water partition coefficient (Wildman–Crippen LogP) is 5.22. The van der Waals surface area contributed by atoms with E-state index in [9.17, 15) is 4.39 Å². The number of rotatable bonds is 5. The molecule has 0 radical (unpaired) electrons. The van der Waals surface area contributed by atoms with E-state index in [-0.39, 0.29) is 5.82 Å². The van der Waals surface area contributed by atoms with Gasteiger partial charge in [-0.25, -0.2) is 9.37 Å². The fourth-order valence-electron chi connectivity index (χ4n) is 2.91. The summed E-state index contributed by atoms with van der Waals surface area (Å²) in [5.74, 6) is 0.785. The first kappa shape index (κ1) is 17.7. The summed E-state index contributed by atoms with van der Waals surface area (Å²) in [5.41, 5.74) is 10.4. The van der Waals surface area contributed by atoms with Crippen molar-refractivity contribution >= 4 is 18.0 Å². The first-order valence-corrected chi connectivity index (χ1v) is 8.86. The van der Waals surface area contributed by atoms with Crippen molar-refractivity contribution in [2.75, 3.05) is 5.73 Å². The van der Waals surface area contributed by atoms with Gasteiger partial charge in [-0.2, -0.15) is 0 Å². The maximum absolute atomic E-state index is 13.2. The van der Waals surface area contributed by atoms with Gasteiger partial charge in [0.2, 0.25) is 0 Å². The summed E-state index contributed by atoms with van der Waals surface area (Å²) in [7, 11) is 0. The van der Waals surface area contributed by atoms with Gasteiger partial charge >= 0.3 is 0 Å². The number of hydrogen-bond donors (Lipinski definition) is 1. The van der Waals surface area contributed by atoms with Crippen LogP contribution in [0, 0.1) is 5.82 Å². The van der Waals surface area contributed by atoms with Crippen molar-refractivity contribution in [3.8, 4) is 11.3 Å². The van der Waals surface area contributed by atoms with Crippen molar-refractivity contribution in [1.29, 1.82) is 0 Å². The monoisotopic (exact) mass is 371 g/mol. The second-order valence-electron chi connectivity index (χ2n) is 6.43. The molecule has 2 aromatic carbocycles. The van der Waals surface area contributed by atoms with Crippen molar-refractivity contribution in [1.82, 2.24) is 10.1 Å². The summed E-state index contributed by atoms with van der Waals surface area (Å²) in [6, 6.07) is 20.2. The molecule has 0 saturated heterocycles. The van der Waals surface area contributed by atoms with Crippen molar-refractivity contribution in [2.24, 2.45) is 0 Å². The third-order valence-electron chi connectivity index (χ3n) is 4.34. The fraction of sp³-hybridized carbons (Fsp3) is 0.0435. The predicted molar refractivity (Wildman–Crippen MR) is 109 cm³/mol. The molecule has 4 nitrogen and oxygen atoms in total. The summed E-state index contributed by atoms with van der Waals surface area (Å²) < 4.78 is 18.6. The molecular formula is C23H18FN3O. The van der Waals surface area contributed by atoms with Gasteiger partial charge in [-0.1, -0.05) is 53.7 Å². The van der Waals surface area contributed by atoms with E-state index in [2.05, 4.69) is 10.1 Å². The van der Waals surface area contributed by atoms with Gasteiger partial charge < -0.3 is 10.3 Å². The number of nitrogens with zero attached hydrogens (tertiary/aromatic N) is 2. The van der Waals surface area contributed by atoms with Crippen molar-refractivity contribution in [3.63, 3.8) is 0 Å². The van der Waals surface area contributed by atoms with E-state index in [1.54, 1.807) is 12.3 Å². The van der Waals surface area contributed by atoms with Gasteiger partial charge in [0, 0.05) is 18.7 Å². The minimum Gasteiger partial charge on any atom is -0.383 e. The van der Waals surface area contributed by atoms with Gasteiger partial charge in [-0.05, 0) is 41.0 Å². The van der Waals surface area contributed by atoms with E-state index in [1.165, 1.54) is 12.1 Å². The molecule has 4 aromatic rings. The molecule has 0 aliphatic heterocycles. The molecule has 4 rings (SSSR count). The van der Waals surface area contributed by atoms with E-state index < -0.39 is 0 Å². The van der Waals surface area contributed by atoms with Crippen molar-refractivity contribution in [2.45, 2.75) is 6.42 Å². The van der Waals surface area contributed by atoms with E-state index in [1.807, 2.05) is 60.7 Å². The standard InChI is InChI=1S/C23H18FN3O/c24-19-4-1-3-17(13-19)9-6-16-7-10-18(11-8-16)14-20-15-22(28-27-20)21-5-2-12-26-23(21)25/h1-13,15H,14H2,(H2,25,26)/b9-6+. The molecule has 0 unspecified atom stereocenters. The molecule has 138 valence electrons. The number of nitrogens with two attached hydrogens (primary N) is 1. The Morgan fingerprint density at radius 2 is 1.75 bits per heavy atom. The molecule has 2 aromatic heterocycles. The van der Waals surface area contributed by atoms with Crippen LogP contribution in [0.5, 0.6) is 0 Å². The maximum atomic E-state index is 13.2. The van der Waals surface area contributed by atoms with Crippen LogP contribution in [-0.4, -0.2) is 10.1 Å². The van der Waals surface area contributed by atoms with Gasteiger partial charge in [-0.15, -0.1) is 0 Å². The van der Waals surface area contributed by atoms with Crippen LogP contribution in [-0.2, 0) is 6.42 Å². The van der Waals surface area contributed by atoms with Gasteiger partial charge in [0.05, 0.1) is 11.3 Å². The second-order valence-corrected chi connectivity index (χ2v) is 6.43. The normalized spacial score (nSPS) is 11.2. The Labute approximate surface area is 162 Å². The Morgan fingerprint density at radius 3 is 2.54 bits per heavy atom. The first-order valence-electron chi connectivity index (χ1n) is 8.86. The highest BCUT2D eigenvalue weighted by atomic mass is 19.1. The van der Waals surface area contributed by atoms with Crippen LogP contribution in [0.4, 0.5) is 10.2 Å². The Hall–Kier alpha value is -3.73. The molecule has 28 heavy (non-hydrogen) atoms. The molecule has 0 saturated carbocycles. The number of anilines is 1. The van der Waals surface area contributed by atoms with Crippen LogP contribution in [0.25, 0.3) is 23.5 Å². The Bertz CT molecular complexity index is 1120. The SMILES string of the molecule is Nc1ncccc1-c1cc(Cc2ccc(/C=C/c3cccc(F)c3)cc2)no1. The zero-order chi connectivity index (χ0) is 19.3. The Morgan fingerprint density at radius 1 is 0.929 bits per heavy atom. The molecule has 0 aliphatic carbocycles. The smallest absolute Gasteiger partial charge is 0.170 e. The fourth-order valence-corrected chi connectivity index (χ4v) is 2.91. The Kier molecular flexibility index (Phi) is 4.97. The highest BCUT2D eigenvalue weighted by Crippen LogP contribution is 2.25. The largest absolute Gasteiger partial charge is 0.383 e. The molecule has 0 aliphatic rings. The van der Waals surface area contributed by atoms with Crippen LogP contribution in [0.15, 0.2) is 77.4 Å². The van der Waals surface area contributed by atoms with Crippen molar-refractivity contribution < 1.29 is 8.91 Å². The molecule has 2 N–H and O–H groups in total. The lowest BCUT2D eigenvalue weighted by Gasteiger charge is -2.00. The summed E-state index contributed by atoms with van der Waals surface area (Å²) in [4.78, 5) is 4.07. The lowest BCUT2D eigenvalue weighted by Crippen LogP contribution is -1.91. The zero-order valence-corrected chi connectivity index (χ0v) is 15.0. The number of benzene rings is 2. The number of halogens is 1. The molecular weight excluding hydrogens is 353 g/mol. The third kappa shape index (κ3) is 4.15. The molecule has 0 amide bonds. The van der Waals surface area contributed by atoms with Gasteiger partial charge in [0.15, 0.2) is 5.76 Å². The van der Waals surface area contributed by atoms with E-state index >= 15 is 0 Å². The summed E-state index contributed by atoms with van der Waals surface area (Å²) >= 11 is 0. The molecule has 5 heteroatoms. The minimum absolute atomic E-state index is 0.238. The molecule has 0 spiro atoms. The zero-order valence-electron chi connectivity index (χ0n) is 15.0. The van der Waals surface area contributed by atoms with Crippen LogP contribution in [0.1, 0.15) is 22.4 Å². The molecule has 0 atom stereocenters. The first-order chi connectivity index (χ1) is 13.7. The van der Waals surface area contributed by atoms with Crippen LogP contribution < -0.4 is 5.73 Å². The topological polar surface area (TPSA) is 64.9 Å². The summed E-state index contributed by atoms with van der Waals surface area (Å²) in [5, 5.41) is 4.13. The average Bonchev–Trinajstić information content (AvgIpc) is 3.16. The lowest BCUT2D eigenvalue weighted by molar-refractivity contribution is 0.425. The number of hydrogen-bond acceptors (Lipinski definition) is 4. The molecule has 0 bridgehead atoms. The summed E-state index contributed by atoms with van der Waals surface area (Å²) in [6.07, 6.45) is 6.14. The lowest BCUT2D eigenvalue weighted by atomic mass is 10.1. The highest BCUT2D eigenvalue weighted by molar-refractivity contribution is 5.70. The van der Waals surface area contributed by atoms with Gasteiger partial charge in [-0.3, -0.25) is 0 Å². The molecule has 2 heterocycles. The second kappa shape index (κ2) is 7.88. The number of pyridine rings is 1. The van der Waals surface area contributed by atoms with E-state index in [4.69, 9.17) is 10.3 Å². The highest BCUT2D eigenvalue weighted by Gasteiger charge is 2.10. The number of nitrogen functional groups attached to an aromatic ring is 1. The van der Waals surface area contributed by atoms with E-state index in [0.717, 1.165) is 27.9 Å². The third-order valence-corrected chi connectivity index (χ3v) is 4.34. The minimum atomic E-state index is -0.238. The maximum Gasteiger partial charge on any atom is 0.170 e. The summed E-state index contributed by atoms with van der Waals surface area (Å²) in [6.45, 7) is 0.